The lowest BCUT2D eigenvalue weighted by Crippen LogP contribution is -2.06. The normalized spacial score (nSPS) is 9.57. The van der Waals surface area contributed by atoms with Crippen molar-refractivity contribution in [1.82, 2.24) is 0 Å². The van der Waals surface area contributed by atoms with Gasteiger partial charge in [-0.25, -0.2) is 4.79 Å². The number of halogens is 1. The fraction of sp³-hybridized carbons (Fsp3) is 0.182. The average Bonchev–Trinajstić information content (AvgIpc) is 2.15. The highest BCUT2D eigenvalue weighted by Gasteiger charge is 2.05. The molecule has 3 heteroatoms. The lowest BCUT2D eigenvalue weighted by atomic mass is 10.2. The van der Waals surface area contributed by atoms with E-state index in [1.165, 1.54) is 0 Å². The molecule has 1 aromatic carbocycles. The van der Waals surface area contributed by atoms with Gasteiger partial charge in [0.05, 0.1) is 5.56 Å². The van der Waals surface area contributed by atoms with Gasteiger partial charge in [-0.3, -0.25) is 0 Å². The summed E-state index contributed by atoms with van der Waals surface area (Å²) in [5, 5.41) is 0. The second-order valence-electron chi connectivity index (χ2n) is 3.04. The zero-order valence-corrected chi connectivity index (χ0v) is 9.50. The molecule has 0 amide bonds. The van der Waals surface area contributed by atoms with E-state index in [2.05, 4.69) is 22.5 Å². The van der Waals surface area contributed by atoms with E-state index in [4.69, 9.17) is 4.74 Å². The first-order valence-corrected chi connectivity index (χ1v) is 4.96. The minimum atomic E-state index is -0.319. The first kappa shape index (κ1) is 11.0. The number of ether oxygens (including phenoxy) is 1. The highest BCUT2D eigenvalue weighted by molar-refractivity contribution is 9.10. The number of hydrogen-bond acceptors (Lipinski definition) is 2. The van der Waals surface area contributed by atoms with Crippen molar-refractivity contribution in [1.29, 1.82) is 0 Å². The Morgan fingerprint density at radius 2 is 2.00 bits per heavy atom. The second kappa shape index (κ2) is 4.96. The monoisotopic (exact) mass is 254 g/mol. The average molecular weight is 255 g/mol. The first-order valence-electron chi connectivity index (χ1n) is 4.16. The lowest BCUT2D eigenvalue weighted by Gasteiger charge is -2.03. The maximum absolute atomic E-state index is 11.4. The number of benzene rings is 1. The standard InChI is InChI=1S/C11H11BrO2/c1-8(2)7-14-11(13)9-3-5-10(12)6-4-9/h3-6H,1,7H2,2H3. The van der Waals surface area contributed by atoms with Crippen molar-refractivity contribution < 1.29 is 9.53 Å². The molecular weight excluding hydrogens is 244 g/mol. The Balaban J connectivity index is 2.61. The molecule has 0 aliphatic rings. The van der Waals surface area contributed by atoms with Crippen LogP contribution in [0.3, 0.4) is 0 Å². The fourth-order valence-electron chi connectivity index (χ4n) is 0.858. The van der Waals surface area contributed by atoms with E-state index in [1.54, 1.807) is 24.3 Å². The molecule has 0 saturated carbocycles. The highest BCUT2D eigenvalue weighted by atomic mass is 79.9. The van der Waals surface area contributed by atoms with E-state index in [-0.39, 0.29) is 12.6 Å². The summed E-state index contributed by atoms with van der Waals surface area (Å²) in [4.78, 5) is 11.4. The first-order chi connectivity index (χ1) is 6.59. The van der Waals surface area contributed by atoms with Crippen LogP contribution in [-0.2, 0) is 4.74 Å². The van der Waals surface area contributed by atoms with Crippen LogP contribution in [0.1, 0.15) is 17.3 Å². The van der Waals surface area contributed by atoms with Crippen LogP contribution in [0.15, 0.2) is 40.9 Å². The van der Waals surface area contributed by atoms with E-state index < -0.39 is 0 Å². The van der Waals surface area contributed by atoms with E-state index in [0.717, 1.165) is 10.0 Å². The van der Waals surface area contributed by atoms with Crippen molar-refractivity contribution in [2.24, 2.45) is 0 Å². The molecule has 0 saturated heterocycles. The van der Waals surface area contributed by atoms with Crippen molar-refractivity contribution in [3.05, 3.63) is 46.5 Å². The Morgan fingerprint density at radius 3 is 2.50 bits per heavy atom. The van der Waals surface area contributed by atoms with Crippen molar-refractivity contribution in [3.63, 3.8) is 0 Å². The van der Waals surface area contributed by atoms with Crippen molar-refractivity contribution in [2.45, 2.75) is 6.92 Å². The smallest absolute Gasteiger partial charge is 0.338 e. The summed E-state index contributed by atoms with van der Waals surface area (Å²) >= 11 is 3.29. The lowest BCUT2D eigenvalue weighted by molar-refractivity contribution is 0.0540. The minimum Gasteiger partial charge on any atom is -0.458 e. The van der Waals surface area contributed by atoms with Gasteiger partial charge < -0.3 is 4.74 Å². The topological polar surface area (TPSA) is 26.3 Å². The summed E-state index contributed by atoms with van der Waals surface area (Å²) in [6.07, 6.45) is 0. The van der Waals surface area contributed by atoms with Gasteiger partial charge >= 0.3 is 5.97 Å². The molecular formula is C11H11BrO2. The summed E-state index contributed by atoms with van der Waals surface area (Å²) in [6, 6.07) is 7.03. The second-order valence-corrected chi connectivity index (χ2v) is 3.96. The van der Waals surface area contributed by atoms with Gasteiger partial charge in [0.1, 0.15) is 6.61 Å². The van der Waals surface area contributed by atoms with Gasteiger partial charge in [0.2, 0.25) is 0 Å². The van der Waals surface area contributed by atoms with Crippen molar-refractivity contribution in [3.8, 4) is 0 Å². The number of rotatable bonds is 3. The summed E-state index contributed by atoms with van der Waals surface area (Å²) < 4.78 is 5.91. The summed E-state index contributed by atoms with van der Waals surface area (Å²) in [5.74, 6) is -0.319. The molecule has 2 nitrogen and oxygen atoms in total. The Bertz CT molecular complexity index is 341. The Kier molecular flexibility index (Phi) is 3.89. The molecule has 14 heavy (non-hydrogen) atoms. The fourth-order valence-corrected chi connectivity index (χ4v) is 1.12. The molecule has 0 aliphatic heterocycles. The summed E-state index contributed by atoms with van der Waals surface area (Å²) in [7, 11) is 0. The quantitative estimate of drug-likeness (QED) is 0.612. The predicted molar refractivity (Wildman–Crippen MR) is 59.2 cm³/mol. The van der Waals surface area contributed by atoms with Gasteiger partial charge in [-0.15, -0.1) is 0 Å². The number of carbonyl (C=O) groups excluding carboxylic acids is 1. The summed E-state index contributed by atoms with van der Waals surface area (Å²) in [5.41, 5.74) is 1.38. The molecule has 0 N–H and O–H groups in total. The largest absolute Gasteiger partial charge is 0.458 e. The molecule has 0 aliphatic carbocycles. The maximum Gasteiger partial charge on any atom is 0.338 e. The van der Waals surface area contributed by atoms with Crippen LogP contribution in [0.4, 0.5) is 0 Å². The van der Waals surface area contributed by atoms with Gasteiger partial charge in [-0.1, -0.05) is 22.5 Å². The van der Waals surface area contributed by atoms with Gasteiger partial charge in [0, 0.05) is 4.47 Å². The number of carbonyl (C=O) groups is 1. The molecule has 0 unspecified atom stereocenters. The van der Waals surface area contributed by atoms with Gasteiger partial charge in [-0.2, -0.15) is 0 Å². The van der Waals surface area contributed by atoms with Crippen LogP contribution in [0, 0.1) is 0 Å². The third-order valence-corrected chi connectivity index (χ3v) is 2.06. The van der Waals surface area contributed by atoms with E-state index in [1.807, 2.05) is 6.92 Å². The Labute approximate surface area is 91.7 Å². The molecule has 1 aromatic rings. The predicted octanol–water partition coefficient (Wildman–Crippen LogP) is 3.18. The van der Waals surface area contributed by atoms with Crippen molar-refractivity contribution in [2.75, 3.05) is 6.61 Å². The van der Waals surface area contributed by atoms with Crippen LogP contribution < -0.4 is 0 Å². The molecule has 0 spiro atoms. The molecule has 1 rings (SSSR count). The molecule has 0 bridgehead atoms. The van der Waals surface area contributed by atoms with Gasteiger partial charge in [0.25, 0.3) is 0 Å². The Morgan fingerprint density at radius 1 is 1.43 bits per heavy atom. The SMILES string of the molecule is C=C(C)COC(=O)c1ccc(Br)cc1. The molecule has 0 atom stereocenters. The molecule has 74 valence electrons. The molecule has 0 fully saturated rings. The van der Waals surface area contributed by atoms with Gasteiger partial charge in [0.15, 0.2) is 0 Å². The van der Waals surface area contributed by atoms with Crippen LogP contribution in [-0.4, -0.2) is 12.6 Å². The molecule has 0 aromatic heterocycles. The Hall–Kier alpha value is -1.09. The third kappa shape index (κ3) is 3.34. The van der Waals surface area contributed by atoms with E-state index >= 15 is 0 Å². The number of esters is 1. The summed E-state index contributed by atoms with van der Waals surface area (Å²) in [6.45, 7) is 5.74. The van der Waals surface area contributed by atoms with E-state index in [9.17, 15) is 4.79 Å². The van der Waals surface area contributed by atoms with Gasteiger partial charge in [-0.05, 0) is 36.8 Å². The third-order valence-electron chi connectivity index (χ3n) is 1.53. The van der Waals surface area contributed by atoms with Crippen LogP contribution in [0.25, 0.3) is 0 Å². The van der Waals surface area contributed by atoms with Crippen LogP contribution in [0.2, 0.25) is 0 Å². The molecule has 0 heterocycles. The van der Waals surface area contributed by atoms with Crippen molar-refractivity contribution >= 4 is 21.9 Å². The maximum atomic E-state index is 11.4. The molecule has 0 radical (unpaired) electrons. The zero-order chi connectivity index (χ0) is 10.6. The van der Waals surface area contributed by atoms with Crippen LogP contribution >= 0.6 is 15.9 Å². The minimum absolute atomic E-state index is 0.273. The number of hydrogen-bond donors (Lipinski definition) is 0. The van der Waals surface area contributed by atoms with E-state index in [0.29, 0.717) is 5.56 Å². The highest BCUT2D eigenvalue weighted by Crippen LogP contribution is 2.11. The van der Waals surface area contributed by atoms with Crippen LogP contribution in [0.5, 0.6) is 0 Å². The zero-order valence-electron chi connectivity index (χ0n) is 7.92.